The van der Waals surface area contributed by atoms with E-state index in [1.165, 1.54) is 19.2 Å². The van der Waals surface area contributed by atoms with Gasteiger partial charge in [-0.25, -0.2) is 0 Å². The van der Waals surface area contributed by atoms with Crippen LogP contribution in [0.15, 0.2) is 36.4 Å². The number of ether oxygens (including phenoxy) is 1. The maximum absolute atomic E-state index is 11.1. The molecule has 0 unspecified atom stereocenters. The second kappa shape index (κ2) is 6.67. The van der Waals surface area contributed by atoms with Gasteiger partial charge in [0, 0.05) is 17.8 Å². The van der Waals surface area contributed by atoms with Crippen LogP contribution in [0.25, 0.3) is 0 Å². The average Bonchev–Trinajstić information content (AvgIpc) is 2.49. The Balaban J connectivity index is 2.40. The highest BCUT2D eigenvalue weighted by atomic mass is 16.6. The molecule has 7 nitrogen and oxygen atoms in total. The largest absolute Gasteiger partial charge is 0.481 e. The zero-order chi connectivity index (χ0) is 15.2. The van der Waals surface area contributed by atoms with Gasteiger partial charge in [-0.1, -0.05) is 18.2 Å². The Hall–Kier alpha value is -2.67. The van der Waals surface area contributed by atoms with Gasteiger partial charge in [-0.05, 0) is 24.6 Å². The molecule has 110 valence electrons. The molecule has 0 atom stereocenters. The maximum atomic E-state index is 11.1. The van der Waals surface area contributed by atoms with Gasteiger partial charge in [0.15, 0.2) is 0 Å². The molecule has 1 aromatic carbocycles. The minimum Gasteiger partial charge on any atom is -0.481 e. The minimum absolute atomic E-state index is 0.113. The highest BCUT2D eigenvalue weighted by Gasteiger charge is 2.17. The van der Waals surface area contributed by atoms with Crippen LogP contribution in [-0.2, 0) is 6.42 Å². The third kappa shape index (κ3) is 3.46. The van der Waals surface area contributed by atoms with Crippen LogP contribution in [0, 0.1) is 10.1 Å². The van der Waals surface area contributed by atoms with Gasteiger partial charge in [-0.2, -0.15) is 4.98 Å². The fourth-order valence-electron chi connectivity index (χ4n) is 1.93. The van der Waals surface area contributed by atoms with E-state index in [-0.39, 0.29) is 11.5 Å². The summed E-state index contributed by atoms with van der Waals surface area (Å²) in [4.78, 5) is 14.7. The number of methoxy groups -OCH3 is 1. The summed E-state index contributed by atoms with van der Waals surface area (Å²) in [5.74, 6) is 0.447. The SMILES string of the molecule is COc1ccc([N+](=O)[O-])c(Nc2ccccc2CCN)n1. The summed E-state index contributed by atoms with van der Waals surface area (Å²) in [5.41, 5.74) is 7.18. The minimum atomic E-state index is -0.486. The summed E-state index contributed by atoms with van der Waals surface area (Å²) in [6.07, 6.45) is 0.668. The van der Waals surface area contributed by atoms with Crippen LogP contribution in [-0.4, -0.2) is 23.6 Å². The summed E-state index contributed by atoms with van der Waals surface area (Å²) >= 11 is 0. The molecule has 0 aliphatic heterocycles. The molecule has 0 radical (unpaired) electrons. The second-order valence-corrected chi connectivity index (χ2v) is 4.30. The molecule has 2 rings (SSSR count). The second-order valence-electron chi connectivity index (χ2n) is 4.30. The molecule has 0 saturated heterocycles. The van der Waals surface area contributed by atoms with Crippen molar-refractivity contribution in [2.75, 3.05) is 19.0 Å². The van der Waals surface area contributed by atoms with Gasteiger partial charge in [0.1, 0.15) is 0 Å². The lowest BCUT2D eigenvalue weighted by Gasteiger charge is -2.11. The number of benzene rings is 1. The molecular formula is C14H16N4O3. The van der Waals surface area contributed by atoms with Crippen LogP contribution in [0.4, 0.5) is 17.2 Å². The first-order valence-electron chi connectivity index (χ1n) is 6.40. The zero-order valence-corrected chi connectivity index (χ0v) is 11.6. The van der Waals surface area contributed by atoms with Gasteiger partial charge >= 0.3 is 5.69 Å². The van der Waals surface area contributed by atoms with Crippen LogP contribution in [0.5, 0.6) is 5.88 Å². The molecule has 0 amide bonds. The predicted octanol–water partition coefficient (Wildman–Crippen LogP) is 2.24. The van der Waals surface area contributed by atoms with Crippen LogP contribution >= 0.6 is 0 Å². The van der Waals surface area contributed by atoms with Crippen LogP contribution < -0.4 is 15.8 Å². The third-order valence-electron chi connectivity index (χ3n) is 2.94. The number of nitrogens with zero attached hydrogens (tertiary/aromatic N) is 2. The normalized spacial score (nSPS) is 10.2. The summed E-state index contributed by atoms with van der Waals surface area (Å²) in [6.45, 7) is 0.492. The van der Waals surface area contributed by atoms with Gasteiger partial charge in [0.25, 0.3) is 0 Å². The number of hydrogen-bond acceptors (Lipinski definition) is 6. The number of anilines is 2. The zero-order valence-electron chi connectivity index (χ0n) is 11.6. The quantitative estimate of drug-likeness (QED) is 0.624. The first-order valence-corrected chi connectivity index (χ1v) is 6.40. The molecule has 0 saturated carbocycles. The van der Waals surface area contributed by atoms with Crippen LogP contribution in [0.1, 0.15) is 5.56 Å². The number of aromatic nitrogens is 1. The molecule has 2 aromatic rings. The lowest BCUT2D eigenvalue weighted by atomic mass is 10.1. The van der Waals surface area contributed by atoms with Gasteiger partial charge in [-0.3, -0.25) is 10.1 Å². The van der Waals surface area contributed by atoms with Crippen molar-refractivity contribution in [1.29, 1.82) is 0 Å². The van der Waals surface area contributed by atoms with E-state index in [2.05, 4.69) is 10.3 Å². The molecular weight excluding hydrogens is 272 g/mol. The predicted molar refractivity (Wildman–Crippen MR) is 79.9 cm³/mol. The number of pyridine rings is 1. The number of nitrogens with one attached hydrogen (secondary N) is 1. The molecule has 0 aliphatic rings. The smallest absolute Gasteiger partial charge is 0.311 e. The summed E-state index contributed by atoms with van der Waals surface area (Å²) < 4.78 is 5.01. The molecule has 7 heteroatoms. The van der Waals surface area contributed by atoms with E-state index in [1.807, 2.05) is 24.3 Å². The van der Waals surface area contributed by atoms with Crippen molar-refractivity contribution in [2.45, 2.75) is 6.42 Å². The number of nitro groups is 1. The van der Waals surface area contributed by atoms with E-state index in [0.717, 1.165) is 11.3 Å². The fraction of sp³-hybridized carbons (Fsp3) is 0.214. The highest BCUT2D eigenvalue weighted by molar-refractivity contribution is 5.68. The maximum Gasteiger partial charge on any atom is 0.311 e. The summed E-state index contributed by atoms with van der Waals surface area (Å²) in [7, 11) is 1.46. The Morgan fingerprint density at radius 3 is 2.76 bits per heavy atom. The molecule has 21 heavy (non-hydrogen) atoms. The van der Waals surface area contributed by atoms with Crippen molar-refractivity contribution in [1.82, 2.24) is 4.98 Å². The Labute approximate surface area is 121 Å². The molecule has 0 spiro atoms. The Kier molecular flexibility index (Phi) is 4.68. The van der Waals surface area contributed by atoms with Gasteiger partial charge in [0.05, 0.1) is 12.0 Å². The van der Waals surface area contributed by atoms with E-state index in [0.29, 0.717) is 18.8 Å². The molecule has 1 aromatic heterocycles. The average molecular weight is 288 g/mol. The molecule has 1 heterocycles. The number of para-hydroxylation sites is 1. The standard InChI is InChI=1S/C14H16N4O3/c1-21-13-7-6-12(18(19)20)14(17-13)16-11-5-3-2-4-10(11)8-9-15/h2-7H,8-9,15H2,1H3,(H,16,17). The van der Waals surface area contributed by atoms with Crippen molar-refractivity contribution in [3.05, 3.63) is 52.1 Å². The highest BCUT2D eigenvalue weighted by Crippen LogP contribution is 2.29. The van der Waals surface area contributed by atoms with Crippen molar-refractivity contribution >= 4 is 17.2 Å². The Morgan fingerprint density at radius 2 is 2.10 bits per heavy atom. The summed E-state index contributed by atoms with van der Waals surface area (Å²) in [6, 6.07) is 10.3. The number of hydrogen-bond donors (Lipinski definition) is 2. The van der Waals surface area contributed by atoms with Crippen molar-refractivity contribution < 1.29 is 9.66 Å². The Bertz CT molecular complexity index is 646. The molecule has 3 N–H and O–H groups in total. The van der Waals surface area contributed by atoms with Crippen molar-refractivity contribution in [2.24, 2.45) is 5.73 Å². The summed E-state index contributed by atoms with van der Waals surface area (Å²) in [5, 5.41) is 14.1. The van der Waals surface area contributed by atoms with E-state index in [9.17, 15) is 10.1 Å². The van der Waals surface area contributed by atoms with Gasteiger partial charge in [-0.15, -0.1) is 0 Å². The van der Waals surface area contributed by atoms with Gasteiger partial charge < -0.3 is 15.8 Å². The first kappa shape index (κ1) is 14.7. The molecule has 0 fully saturated rings. The van der Waals surface area contributed by atoms with E-state index in [4.69, 9.17) is 10.5 Å². The van der Waals surface area contributed by atoms with Crippen LogP contribution in [0.2, 0.25) is 0 Å². The third-order valence-corrected chi connectivity index (χ3v) is 2.94. The fourth-order valence-corrected chi connectivity index (χ4v) is 1.93. The van der Waals surface area contributed by atoms with E-state index < -0.39 is 4.92 Å². The van der Waals surface area contributed by atoms with Crippen LogP contribution in [0.3, 0.4) is 0 Å². The van der Waals surface area contributed by atoms with E-state index >= 15 is 0 Å². The van der Waals surface area contributed by atoms with Gasteiger partial charge in [0.2, 0.25) is 11.7 Å². The van der Waals surface area contributed by atoms with Crippen molar-refractivity contribution in [3.8, 4) is 5.88 Å². The Morgan fingerprint density at radius 1 is 1.33 bits per heavy atom. The lowest BCUT2D eigenvalue weighted by molar-refractivity contribution is -0.384. The number of nitrogens with two attached hydrogens (primary N) is 1. The topological polar surface area (TPSA) is 103 Å². The first-order chi connectivity index (χ1) is 10.2. The molecule has 0 bridgehead atoms. The van der Waals surface area contributed by atoms with E-state index in [1.54, 1.807) is 0 Å². The molecule has 0 aliphatic carbocycles. The lowest BCUT2D eigenvalue weighted by Crippen LogP contribution is -2.07. The monoisotopic (exact) mass is 288 g/mol. The number of rotatable bonds is 6. The van der Waals surface area contributed by atoms with Crippen molar-refractivity contribution in [3.63, 3.8) is 0 Å².